The van der Waals surface area contributed by atoms with Crippen LogP contribution in [0.2, 0.25) is 0 Å². The van der Waals surface area contributed by atoms with Crippen LogP contribution >= 0.6 is 0 Å². The zero-order valence-electron chi connectivity index (χ0n) is 27.4. The molecule has 0 N–H and O–H groups in total. The Balaban J connectivity index is 1.11. The van der Waals surface area contributed by atoms with Crippen molar-refractivity contribution in [1.29, 1.82) is 0 Å². The Kier molecular flexibility index (Phi) is 6.48. The fourth-order valence-corrected chi connectivity index (χ4v) is 8.97. The summed E-state index contributed by atoms with van der Waals surface area (Å²) in [6.07, 6.45) is 34.7. The summed E-state index contributed by atoms with van der Waals surface area (Å²) in [6.45, 7) is 0. The van der Waals surface area contributed by atoms with Crippen molar-refractivity contribution >= 4 is 55.0 Å². The van der Waals surface area contributed by atoms with Crippen molar-refractivity contribution in [3.63, 3.8) is 0 Å². The van der Waals surface area contributed by atoms with Crippen molar-refractivity contribution in [2.75, 3.05) is 0 Å². The van der Waals surface area contributed by atoms with Crippen molar-refractivity contribution in [3.8, 4) is 0 Å². The highest BCUT2D eigenvalue weighted by Gasteiger charge is 2.24. The Morgan fingerprint density at radius 1 is 0.521 bits per heavy atom. The number of rotatable bonds is 4. The average molecular weight is 619 g/mol. The van der Waals surface area contributed by atoms with Gasteiger partial charge in [-0.2, -0.15) is 0 Å². The van der Waals surface area contributed by atoms with Crippen LogP contribution in [-0.2, 0) is 0 Å². The monoisotopic (exact) mass is 618 g/mol. The van der Waals surface area contributed by atoms with Gasteiger partial charge in [0.15, 0.2) is 0 Å². The van der Waals surface area contributed by atoms with Gasteiger partial charge in [0, 0.05) is 27.6 Å². The molecule has 0 unspecified atom stereocenters. The maximum absolute atomic E-state index is 3.57. The van der Waals surface area contributed by atoms with E-state index in [2.05, 4.69) is 124 Å². The second-order valence-corrected chi connectivity index (χ2v) is 13.9. The van der Waals surface area contributed by atoms with Crippen molar-refractivity contribution in [2.45, 2.75) is 64.2 Å². The number of benzene rings is 2. The number of hydrogen-bond acceptors (Lipinski definition) is 0. The lowest BCUT2D eigenvalue weighted by molar-refractivity contribution is 0.846. The molecule has 5 aliphatic rings. The summed E-state index contributed by atoms with van der Waals surface area (Å²) in [6, 6.07) is 24.9. The number of hydrogen-bond donors (Lipinski definition) is 0. The van der Waals surface area contributed by atoms with Crippen LogP contribution < -0.4 is 0 Å². The minimum Gasteiger partial charge on any atom is -0.313 e. The number of nitrogens with zero attached hydrogens (tertiary/aromatic N) is 2. The standard InChI is InChI=1S/C46H38N2/c1-2-10-31(11-3-1)33-18-20-34(21-19-33)35-22-25-37(26-23-35)47-41-16-8-6-14-39(41)45-43(47)28-29-44-46(45)40-15-7-9-17-42(40)48(44)38-27-24-32-12-4-5-13-36(32)30-38/h1-2,4,6,8-10,12,14,16-18,20,22,25,28-30H,3,5,11,13,19,21,23-24,26-27H2. The zero-order chi connectivity index (χ0) is 31.6. The maximum atomic E-state index is 3.57. The molecule has 2 aromatic heterocycles. The number of allylic oxidation sites excluding steroid dienone is 18. The second-order valence-electron chi connectivity index (χ2n) is 13.9. The predicted octanol–water partition coefficient (Wildman–Crippen LogP) is 12.3. The summed E-state index contributed by atoms with van der Waals surface area (Å²) in [5.41, 5.74) is 16.9. The van der Waals surface area contributed by atoms with Crippen molar-refractivity contribution in [3.05, 3.63) is 155 Å². The first-order valence-corrected chi connectivity index (χ1v) is 17.9. The molecule has 5 aliphatic carbocycles. The molecule has 0 spiro atoms. The second kappa shape index (κ2) is 11.2. The van der Waals surface area contributed by atoms with E-state index in [1.54, 1.807) is 0 Å². The van der Waals surface area contributed by atoms with E-state index in [1.165, 1.54) is 101 Å². The first-order valence-electron chi connectivity index (χ1n) is 17.9. The summed E-state index contributed by atoms with van der Waals surface area (Å²) in [5, 5.41) is 5.10. The molecule has 2 heteroatoms. The fourth-order valence-electron chi connectivity index (χ4n) is 8.97. The molecule has 10 rings (SSSR count). The minimum absolute atomic E-state index is 1.03. The lowest BCUT2D eigenvalue weighted by atomic mass is 9.85. The van der Waals surface area contributed by atoms with Gasteiger partial charge >= 0.3 is 0 Å². The van der Waals surface area contributed by atoms with E-state index in [1.807, 2.05) is 6.07 Å². The molecule has 0 bridgehead atoms. The number of para-hydroxylation sites is 1. The van der Waals surface area contributed by atoms with Gasteiger partial charge in [-0.15, -0.1) is 0 Å². The lowest BCUT2D eigenvalue weighted by Gasteiger charge is -2.23. The topological polar surface area (TPSA) is 9.86 Å². The van der Waals surface area contributed by atoms with Crippen LogP contribution in [0.3, 0.4) is 0 Å². The molecule has 3 aromatic carbocycles. The molecule has 0 fully saturated rings. The van der Waals surface area contributed by atoms with Crippen LogP contribution in [-0.4, -0.2) is 9.13 Å². The Bertz CT molecular complexity index is 2480. The molecule has 0 aliphatic heterocycles. The van der Waals surface area contributed by atoms with E-state index in [0.29, 0.717) is 0 Å². The molecule has 0 atom stereocenters. The zero-order valence-corrected chi connectivity index (χ0v) is 27.4. The van der Waals surface area contributed by atoms with Gasteiger partial charge in [-0.05, 0) is 140 Å². The van der Waals surface area contributed by atoms with E-state index < -0.39 is 0 Å². The van der Waals surface area contributed by atoms with Crippen molar-refractivity contribution < 1.29 is 0 Å². The highest BCUT2D eigenvalue weighted by atomic mass is 15.0. The van der Waals surface area contributed by atoms with Gasteiger partial charge in [-0.3, -0.25) is 0 Å². The first-order chi connectivity index (χ1) is 23.8. The SMILES string of the molecule is c1ccc2c(c#1)c1c3c4ccccc4n(C4=CC=C(C5=CC=C(C6=CC=CCC6)CC5)CC4)c3ccc1n2C1=CC2=C(C=CCC2)CC1. The van der Waals surface area contributed by atoms with Crippen LogP contribution in [0.4, 0.5) is 0 Å². The van der Waals surface area contributed by atoms with Crippen LogP contribution in [0.15, 0.2) is 143 Å². The normalized spacial score (nSPS) is 19.6. The molecule has 5 aromatic rings. The third-order valence-corrected chi connectivity index (χ3v) is 11.3. The fraction of sp³-hybridized carbons (Fsp3) is 0.217. The van der Waals surface area contributed by atoms with Gasteiger partial charge in [-0.1, -0.05) is 78.9 Å². The van der Waals surface area contributed by atoms with Gasteiger partial charge in [0.05, 0.1) is 27.5 Å². The Morgan fingerprint density at radius 3 is 2.04 bits per heavy atom. The van der Waals surface area contributed by atoms with E-state index in [4.69, 9.17) is 0 Å². The molecule has 0 saturated heterocycles. The van der Waals surface area contributed by atoms with Crippen molar-refractivity contribution in [1.82, 2.24) is 9.13 Å². The smallest absolute Gasteiger partial charge is 0.0628 e. The third kappa shape index (κ3) is 4.34. The van der Waals surface area contributed by atoms with E-state index in [0.717, 1.165) is 51.4 Å². The van der Waals surface area contributed by atoms with Crippen molar-refractivity contribution in [2.24, 2.45) is 0 Å². The van der Waals surface area contributed by atoms with Gasteiger partial charge in [0.25, 0.3) is 0 Å². The predicted molar refractivity (Wildman–Crippen MR) is 202 cm³/mol. The van der Waals surface area contributed by atoms with Gasteiger partial charge in [0.2, 0.25) is 0 Å². The van der Waals surface area contributed by atoms with E-state index in [9.17, 15) is 0 Å². The first kappa shape index (κ1) is 27.8. The molecule has 48 heavy (non-hydrogen) atoms. The molecule has 232 valence electrons. The van der Waals surface area contributed by atoms with Crippen LogP contribution in [0.1, 0.15) is 64.2 Å². The largest absolute Gasteiger partial charge is 0.313 e. The average Bonchev–Trinajstić information content (AvgIpc) is 3.68. The van der Waals surface area contributed by atoms with Crippen LogP contribution in [0.25, 0.3) is 55.0 Å². The molecular formula is C46H38N2. The van der Waals surface area contributed by atoms with E-state index in [-0.39, 0.29) is 0 Å². The Labute approximate surface area is 282 Å². The van der Waals surface area contributed by atoms with Crippen LogP contribution in [0.5, 0.6) is 0 Å². The highest BCUT2D eigenvalue weighted by Crippen LogP contribution is 2.45. The maximum Gasteiger partial charge on any atom is 0.0628 e. The Morgan fingerprint density at radius 2 is 1.25 bits per heavy atom. The summed E-state index contributed by atoms with van der Waals surface area (Å²) in [7, 11) is 0. The number of fused-ring (bicyclic) bond motifs is 7. The molecule has 2 heterocycles. The number of aromatic nitrogens is 2. The summed E-state index contributed by atoms with van der Waals surface area (Å²) in [5.74, 6) is 0. The molecule has 2 nitrogen and oxygen atoms in total. The summed E-state index contributed by atoms with van der Waals surface area (Å²) < 4.78 is 5.06. The lowest BCUT2D eigenvalue weighted by Crippen LogP contribution is -2.06. The molecule has 0 radical (unpaired) electrons. The van der Waals surface area contributed by atoms with Gasteiger partial charge in [-0.25, -0.2) is 0 Å². The van der Waals surface area contributed by atoms with Gasteiger partial charge < -0.3 is 9.13 Å². The minimum atomic E-state index is 1.03. The third-order valence-electron chi connectivity index (χ3n) is 11.3. The highest BCUT2D eigenvalue weighted by molar-refractivity contribution is 6.29. The molecule has 0 saturated carbocycles. The van der Waals surface area contributed by atoms with Crippen LogP contribution in [0, 0.1) is 12.1 Å². The molecule has 0 amide bonds. The summed E-state index contributed by atoms with van der Waals surface area (Å²) >= 11 is 0. The summed E-state index contributed by atoms with van der Waals surface area (Å²) in [4.78, 5) is 0. The van der Waals surface area contributed by atoms with Gasteiger partial charge in [0.1, 0.15) is 0 Å². The quantitative estimate of drug-likeness (QED) is 0.190. The Hall–Kier alpha value is -5.26. The molecular weight excluding hydrogens is 581 g/mol. The van der Waals surface area contributed by atoms with E-state index >= 15 is 0 Å².